The Hall–Kier alpha value is -2.22. The Balaban J connectivity index is 1.50. The van der Waals surface area contributed by atoms with Crippen LogP contribution in [-0.2, 0) is 11.2 Å². The number of nitrogens with zero attached hydrogens (tertiary/aromatic N) is 1. The molecule has 0 aromatic heterocycles. The van der Waals surface area contributed by atoms with Crippen molar-refractivity contribution >= 4 is 33.4 Å². The van der Waals surface area contributed by atoms with Gasteiger partial charge in [0.2, 0.25) is 0 Å². The lowest BCUT2D eigenvalue weighted by molar-refractivity contribution is 0.0858. The SMILES string of the molecule is COCC1CCCC(Nc2ccc3c(c2)C(NC(=O)c2ccc(Br)cc2)[C@H](O)C3)=N1. The molecule has 0 saturated heterocycles. The molecule has 6 nitrogen and oxygen atoms in total. The lowest BCUT2D eigenvalue weighted by atomic mass is 10.0. The van der Waals surface area contributed by atoms with E-state index in [2.05, 4.69) is 26.6 Å². The summed E-state index contributed by atoms with van der Waals surface area (Å²) in [4.78, 5) is 17.4. The van der Waals surface area contributed by atoms with Gasteiger partial charge in [-0.2, -0.15) is 0 Å². The van der Waals surface area contributed by atoms with E-state index in [9.17, 15) is 9.90 Å². The first-order chi connectivity index (χ1) is 14.5. The number of amidine groups is 1. The molecule has 1 heterocycles. The number of amides is 1. The highest BCUT2D eigenvalue weighted by molar-refractivity contribution is 9.10. The molecule has 2 unspecified atom stereocenters. The molecule has 2 aliphatic rings. The molecule has 4 rings (SSSR count). The Morgan fingerprint density at radius 1 is 1.27 bits per heavy atom. The van der Waals surface area contributed by atoms with Gasteiger partial charge in [0.05, 0.1) is 24.8 Å². The minimum Gasteiger partial charge on any atom is -0.390 e. The number of ether oxygens (including phenoxy) is 1. The Labute approximate surface area is 184 Å². The summed E-state index contributed by atoms with van der Waals surface area (Å²) in [6.45, 7) is 0.631. The molecule has 3 N–H and O–H groups in total. The largest absolute Gasteiger partial charge is 0.390 e. The summed E-state index contributed by atoms with van der Waals surface area (Å²) in [5.74, 6) is 0.758. The number of hydrogen-bond acceptors (Lipinski definition) is 5. The van der Waals surface area contributed by atoms with Crippen molar-refractivity contribution in [2.45, 2.75) is 43.9 Å². The summed E-state index contributed by atoms with van der Waals surface area (Å²) >= 11 is 3.38. The van der Waals surface area contributed by atoms with E-state index in [-0.39, 0.29) is 11.9 Å². The van der Waals surface area contributed by atoms with Crippen molar-refractivity contribution in [1.29, 1.82) is 0 Å². The molecule has 1 aliphatic heterocycles. The van der Waals surface area contributed by atoms with Gasteiger partial charge in [-0.3, -0.25) is 9.79 Å². The fourth-order valence-corrected chi connectivity index (χ4v) is 4.39. The Kier molecular flexibility index (Phi) is 6.51. The number of rotatable bonds is 5. The van der Waals surface area contributed by atoms with Gasteiger partial charge in [0.15, 0.2) is 0 Å². The van der Waals surface area contributed by atoms with E-state index in [0.717, 1.165) is 46.4 Å². The quantitative estimate of drug-likeness (QED) is 0.618. The number of halogens is 1. The van der Waals surface area contributed by atoms with Gasteiger partial charge in [0, 0.05) is 35.7 Å². The second-order valence-corrected chi connectivity index (χ2v) is 8.76. The summed E-state index contributed by atoms with van der Waals surface area (Å²) in [6, 6.07) is 13.0. The summed E-state index contributed by atoms with van der Waals surface area (Å²) in [7, 11) is 1.70. The average Bonchev–Trinajstić information content (AvgIpc) is 3.04. The zero-order chi connectivity index (χ0) is 21.1. The number of aliphatic hydroxyl groups excluding tert-OH is 1. The monoisotopic (exact) mass is 471 g/mol. The molecule has 7 heteroatoms. The maximum absolute atomic E-state index is 12.7. The number of nitrogens with one attached hydrogen (secondary N) is 2. The molecule has 1 amide bonds. The van der Waals surface area contributed by atoms with Crippen LogP contribution in [0.5, 0.6) is 0 Å². The number of aliphatic imine (C=N–C) groups is 1. The van der Waals surface area contributed by atoms with Gasteiger partial charge in [-0.05, 0) is 60.4 Å². The lowest BCUT2D eigenvalue weighted by Gasteiger charge is -2.22. The summed E-state index contributed by atoms with van der Waals surface area (Å²) < 4.78 is 6.16. The van der Waals surface area contributed by atoms with Crippen LogP contribution in [0, 0.1) is 0 Å². The first kappa shape index (κ1) is 21.0. The number of hydrogen-bond donors (Lipinski definition) is 3. The van der Waals surface area contributed by atoms with E-state index in [1.165, 1.54) is 0 Å². The molecule has 0 bridgehead atoms. The molecule has 0 spiro atoms. The molecule has 2 aromatic rings. The third kappa shape index (κ3) is 4.74. The topological polar surface area (TPSA) is 83.0 Å². The molecule has 158 valence electrons. The molecular weight excluding hydrogens is 446 g/mol. The van der Waals surface area contributed by atoms with E-state index >= 15 is 0 Å². The van der Waals surface area contributed by atoms with Crippen LogP contribution in [0.25, 0.3) is 0 Å². The first-order valence-electron chi connectivity index (χ1n) is 10.2. The van der Waals surface area contributed by atoms with Crippen LogP contribution in [0.2, 0.25) is 0 Å². The van der Waals surface area contributed by atoms with Gasteiger partial charge in [-0.25, -0.2) is 0 Å². The van der Waals surface area contributed by atoms with E-state index in [4.69, 9.17) is 9.73 Å². The zero-order valence-corrected chi connectivity index (χ0v) is 18.5. The van der Waals surface area contributed by atoms with Gasteiger partial charge in [0.1, 0.15) is 5.84 Å². The molecule has 0 radical (unpaired) electrons. The molecule has 3 atom stereocenters. The van der Waals surface area contributed by atoms with E-state index < -0.39 is 12.1 Å². The van der Waals surface area contributed by atoms with Crippen LogP contribution >= 0.6 is 15.9 Å². The molecular formula is C23H26BrN3O3. The van der Waals surface area contributed by atoms with Gasteiger partial charge < -0.3 is 20.5 Å². The highest BCUT2D eigenvalue weighted by Crippen LogP contribution is 2.34. The van der Waals surface area contributed by atoms with Gasteiger partial charge in [-0.1, -0.05) is 22.0 Å². The van der Waals surface area contributed by atoms with Crippen LogP contribution in [0.15, 0.2) is 51.9 Å². The van der Waals surface area contributed by atoms with Gasteiger partial charge in [-0.15, -0.1) is 0 Å². The fourth-order valence-electron chi connectivity index (χ4n) is 4.13. The Morgan fingerprint density at radius 3 is 2.83 bits per heavy atom. The van der Waals surface area contributed by atoms with Crippen molar-refractivity contribution in [2.75, 3.05) is 19.0 Å². The average molecular weight is 472 g/mol. The number of aliphatic hydroxyl groups is 1. The minimum atomic E-state index is -0.646. The van der Waals surface area contributed by atoms with E-state index in [1.807, 2.05) is 30.3 Å². The molecule has 0 fully saturated rings. The molecule has 0 saturated carbocycles. The number of anilines is 1. The summed E-state index contributed by atoms with van der Waals surface area (Å²) in [6.07, 6.45) is 2.91. The maximum Gasteiger partial charge on any atom is 0.251 e. The third-order valence-electron chi connectivity index (χ3n) is 5.62. The van der Waals surface area contributed by atoms with Crippen LogP contribution in [0.3, 0.4) is 0 Å². The van der Waals surface area contributed by atoms with E-state index in [1.54, 1.807) is 19.2 Å². The molecule has 2 aromatic carbocycles. The van der Waals surface area contributed by atoms with Crippen molar-refractivity contribution in [3.63, 3.8) is 0 Å². The number of carbonyl (C=O) groups is 1. The number of benzene rings is 2. The van der Waals surface area contributed by atoms with Crippen molar-refractivity contribution in [1.82, 2.24) is 5.32 Å². The van der Waals surface area contributed by atoms with E-state index in [0.29, 0.717) is 18.6 Å². The normalized spacial score (nSPS) is 22.9. The van der Waals surface area contributed by atoms with Crippen LogP contribution in [-0.4, -0.2) is 42.7 Å². The summed E-state index contributed by atoms with van der Waals surface area (Å²) in [5.41, 5.74) is 3.48. The smallest absolute Gasteiger partial charge is 0.251 e. The second-order valence-electron chi connectivity index (χ2n) is 7.85. The Bertz CT molecular complexity index is 945. The van der Waals surface area contributed by atoms with Crippen LogP contribution in [0.1, 0.15) is 46.8 Å². The van der Waals surface area contributed by atoms with Crippen molar-refractivity contribution in [3.8, 4) is 0 Å². The third-order valence-corrected chi connectivity index (χ3v) is 6.15. The van der Waals surface area contributed by atoms with Gasteiger partial charge >= 0.3 is 0 Å². The van der Waals surface area contributed by atoms with Gasteiger partial charge in [0.25, 0.3) is 5.91 Å². The first-order valence-corrected chi connectivity index (χ1v) is 11.0. The fraction of sp³-hybridized carbons (Fsp3) is 0.391. The zero-order valence-electron chi connectivity index (χ0n) is 16.9. The Morgan fingerprint density at radius 2 is 2.07 bits per heavy atom. The van der Waals surface area contributed by atoms with Crippen molar-refractivity contribution in [2.24, 2.45) is 4.99 Å². The minimum absolute atomic E-state index is 0.195. The van der Waals surface area contributed by atoms with Crippen molar-refractivity contribution < 1.29 is 14.6 Å². The van der Waals surface area contributed by atoms with Crippen LogP contribution < -0.4 is 10.6 Å². The number of fused-ring (bicyclic) bond motifs is 1. The molecule has 1 aliphatic carbocycles. The number of carbonyl (C=O) groups excluding carboxylic acids is 1. The van der Waals surface area contributed by atoms with Crippen molar-refractivity contribution in [3.05, 3.63) is 63.6 Å². The lowest BCUT2D eigenvalue weighted by Crippen LogP contribution is -2.33. The maximum atomic E-state index is 12.7. The predicted octanol–water partition coefficient (Wildman–Crippen LogP) is 3.85. The number of methoxy groups -OCH3 is 1. The summed E-state index contributed by atoms with van der Waals surface area (Å²) in [5, 5.41) is 17.0. The predicted molar refractivity (Wildman–Crippen MR) is 121 cm³/mol. The standard InChI is InChI=1S/C23H26BrN3O3/c1-30-13-18-3-2-4-21(26-18)25-17-10-7-15-11-20(28)22(19(15)12-17)27-23(29)14-5-8-16(24)9-6-14/h5-10,12,18,20,22,28H,2-4,11,13H2,1H3,(H,25,26)(H,27,29)/t18?,20-,22?/m1/s1. The van der Waals surface area contributed by atoms with Crippen LogP contribution in [0.4, 0.5) is 5.69 Å². The molecule has 30 heavy (non-hydrogen) atoms. The highest BCUT2D eigenvalue weighted by atomic mass is 79.9. The highest BCUT2D eigenvalue weighted by Gasteiger charge is 2.32. The second kappa shape index (κ2) is 9.29.